The highest BCUT2D eigenvalue weighted by Crippen LogP contribution is 2.31. The molecule has 2 rings (SSSR count). The second kappa shape index (κ2) is 5.42. The van der Waals surface area contributed by atoms with Crippen molar-refractivity contribution < 1.29 is 4.92 Å². The van der Waals surface area contributed by atoms with Gasteiger partial charge in [0.2, 0.25) is 5.82 Å². The van der Waals surface area contributed by atoms with E-state index in [0.29, 0.717) is 10.7 Å². The van der Waals surface area contributed by atoms with Crippen LogP contribution in [0.15, 0.2) is 30.3 Å². The summed E-state index contributed by atoms with van der Waals surface area (Å²) >= 11 is 11.8. The van der Waals surface area contributed by atoms with Crippen LogP contribution in [0.25, 0.3) is 0 Å². The molecule has 0 aliphatic rings. The first-order valence-corrected chi connectivity index (χ1v) is 6.07. The quantitative estimate of drug-likeness (QED) is 0.519. The average molecular weight is 298 g/mol. The minimum absolute atomic E-state index is 0.0586. The molecule has 0 fully saturated rings. The van der Waals surface area contributed by atoms with Gasteiger partial charge in [0.05, 0.1) is 15.6 Å². The Balaban J connectivity index is 2.42. The van der Waals surface area contributed by atoms with Gasteiger partial charge in [0.25, 0.3) is 0 Å². The molecule has 0 aliphatic carbocycles. The molecule has 1 heterocycles. The maximum atomic E-state index is 10.9. The number of anilines is 2. The number of aryl methyl sites for hydroxylation is 1. The Kier molecular flexibility index (Phi) is 3.87. The Hall–Kier alpha value is -1.85. The molecule has 0 radical (unpaired) electrons. The van der Waals surface area contributed by atoms with Crippen molar-refractivity contribution >= 4 is 40.4 Å². The summed E-state index contributed by atoms with van der Waals surface area (Å²) in [6.45, 7) is 1.90. The molecule has 5 nitrogen and oxygen atoms in total. The summed E-state index contributed by atoms with van der Waals surface area (Å²) in [6, 6.07) is 7.97. The lowest BCUT2D eigenvalue weighted by molar-refractivity contribution is -0.384. The van der Waals surface area contributed by atoms with Gasteiger partial charge in [-0.05, 0) is 30.7 Å². The van der Waals surface area contributed by atoms with E-state index >= 15 is 0 Å². The van der Waals surface area contributed by atoms with Gasteiger partial charge in [-0.2, -0.15) is 0 Å². The third-order valence-electron chi connectivity index (χ3n) is 2.41. The summed E-state index contributed by atoms with van der Waals surface area (Å²) in [5, 5.41) is 14.4. The van der Waals surface area contributed by atoms with E-state index in [1.807, 2.05) is 13.0 Å². The molecule has 0 saturated carbocycles. The zero-order valence-corrected chi connectivity index (χ0v) is 11.4. The van der Waals surface area contributed by atoms with Gasteiger partial charge in [-0.15, -0.1) is 0 Å². The van der Waals surface area contributed by atoms with Crippen molar-refractivity contribution in [3.63, 3.8) is 0 Å². The molecule has 0 bridgehead atoms. The molecule has 7 heteroatoms. The highest BCUT2D eigenvalue weighted by Gasteiger charge is 2.16. The Labute approximate surface area is 119 Å². The number of nitrogens with one attached hydrogen (secondary N) is 1. The summed E-state index contributed by atoms with van der Waals surface area (Å²) in [4.78, 5) is 14.3. The standard InChI is InChI=1S/C12H9Cl2N3O2/c1-7-2-3-9(8(13)6-7)15-12-10(17(18)19)4-5-11(14)16-12/h2-6H,1H3,(H,15,16). The van der Waals surface area contributed by atoms with E-state index < -0.39 is 4.92 Å². The molecule has 0 spiro atoms. The summed E-state index contributed by atoms with van der Waals surface area (Å²) in [7, 11) is 0. The first-order chi connectivity index (χ1) is 8.97. The summed E-state index contributed by atoms with van der Waals surface area (Å²) < 4.78 is 0. The van der Waals surface area contributed by atoms with Gasteiger partial charge in [-0.25, -0.2) is 4.98 Å². The van der Waals surface area contributed by atoms with Gasteiger partial charge < -0.3 is 5.32 Å². The van der Waals surface area contributed by atoms with Gasteiger partial charge in [-0.1, -0.05) is 29.3 Å². The Bertz CT molecular complexity index is 647. The zero-order valence-electron chi connectivity index (χ0n) is 9.85. The third kappa shape index (κ3) is 3.13. The van der Waals surface area contributed by atoms with Gasteiger partial charge in [0.15, 0.2) is 0 Å². The Morgan fingerprint density at radius 1 is 1.26 bits per heavy atom. The lowest BCUT2D eigenvalue weighted by Gasteiger charge is -2.08. The van der Waals surface area contributed by atoms with Gasteiger partial charge in [0.1, 0.15) is 5.15 Å². The third-order valence-corrected chi connectivity index (χ3v) is 2.94. The number of nitro groups is 1. The first kappa shape index (κ1) is 13.6. The van der Waals surface area contributed by atoms with Crippen LogP contribution in [-0.2, 0) is 0 Å². The number of halogens is 2. The SMILES string of the molecule is Cc1ccc(Nc2nc(Cl)ccc2[N+](=O)[O-])c(Cl)c1. The molecule has 0 aliphatic heterocycles. The molecular formula is C12H9Cl2N3O2. The van der Waals surface area contributed by atoms with E-state index in [-0.39, 0.29) is 16.7 Å². The molecule has 1 aromatic carbocycles. The van der Waals surface area contributed by atoms with Crippen molar-refractivity contribution in [2.75, 3.05) is 5.32 Å². The van der Waals surface area contributed by atoms with E-state index in [0.717, 1.165) is 5.56 Å². The molecule has 98 valence electrons. The van der Waals surface area contributed by atoms with Crippen LogP contribution in [0.3, 0.4) is 0 Å². The van der Waals surface area contributed by atoms with Gasteiger partial charge in [0, 0.05) is 6.07 Å². The van der Waals surface area contributed by atoms with E-state index in [2.05, 4.69) is 10.3 Å². The number of nitrogens with zero attached hydrogens (tertiary/aromatic N) is 2. The van der Waals surface area contributed by atoms with Crippen LogP contribution in [-0.4, -0.2) is 9.91 Å². The molecular weight excluding hydrogens is 289 g/mol. The van der Waals surface area contributed by atoms with Crippen molar-refractivity contribution in [1.82, 2.24) is 4.98 Å². The summed E-state index contributed by atoms with van der Waals surface area (Å²) in [6.07, 6.45) is 0. The molecule has 2 aromatic rings. The smallest absolute Gasteiger partial charge is 0.311 e. The van der Waals surface area contributed by atoms with E-state index in [9.17, 15) is 10.1 Å². The van der Waals surface area contributed by atoms with Crippen LogP contribution in [0.2, 0.25) is 10.2 Å². The van der Waals surface area contributed by atoms with Crippen molar-refractivity contribution in [3.8, 4) is 0 Å². The molecule has 0 saturated heterocycles. The highest BCUT2D eigenvalue weighted by atomic mass is 35.5. The normalized spacial score (nSPS) is 10.3. The fourth-order valence-electron chi connectivity index (χ4n) is 1.52. The van der Waals surface area contributed by atoms with Crippen LogP contribution in [0.4, 0.5) is 17.2 Å². The van der Waals surface area contributed by atoms with E-state index in [1.54, 1.807) is 12.1 Å². The number of pyridine rings is 1. The maximum Gasteiger partial charge on any atom is 0.311 e. The minimum atomic E-state index is -0.534. The number of hydrogen-bond donors (Lipinski definition) is 1. The number of rotatable bonds is 3. The summed E-state index contributed by atoms with van der Waals surface area (Å²) in [5.74, 6) is 0.0586. The van der Waals surface area contributed by atoms with Crippen LogP contribution in [0, 0.1) is 17.0 Å². The van der Waals surface area contributed by atoms with Crippen LogP contribution < -0.4 is 5.32 Å². The van der Waals surface area contributed by atoms with Crippen LogP contribution >= 0.6 is 23.2 Å². The predicted molar refractivity (Wildman–Crippen MR) is 75.4 cm³/mol. The monoisotopic (exact) mass is 297 g/mol. The van der Waals surface area contributed by atoms with Gasteiger partial charge >= 0.3 is 5.69 Å². The largest absolute Gasteiger partial charge is 0.333 e. The fraction of sp³-hybridized carbons (Fsp3) is 0.0833. The van der Waals surface area contributed by atoms with E-state index in [4.69, 9.17) is 23.2 Å². The number of hydrogen-bond acceptors (Lipinski definition) is 4. The second-order valence-electron chi connectivity index (χ2n) is 3.87. The number of benzene rings is 1. The molecule has 0 atom stereocenters. The fourth-order valence-corrected chi connectivity index (χ4v) is 1.95. The van der Waals surface area contributed by atoms with E-state index in [1.165, 1.54) is 12.1 Å². The molecule has 0 unspecified atom stereocenters. The Morgan fingerprint density at radius 3 is 2.63 bits per heavy atom. The molecule has 1 N–H and O–H groups in total. The average Bonchev–Trinajstić information content (AvgIpc) is 2.32. The first-order valence-electron chi connectivity index (χ1n) is 5.31. The van der Waals surface area contributed by atoms with Crippen LogP contribution in [0.1, 0.15) is 5.56 Å². The topological polar surface area (TPSA) is 68.1 Å². The predicted octanol–water partition coefficient (Wildman–Crippen LogP) is 4.35. The van der Waals surface area contributed by atoms with Crippen molar-refractivity contribution in [2.24, 2.45) is 0 Å². The molecule has 1 aromatic heterocycles. The van der Waals surface area contributed by atoms with Crippen molar-refractivity contribution in [1.29, 1.82) is 0 Å². The van der Waals surface area contributed by atoms with Crippen molar-refractivity contribution in [3.05, 3.63) is 56.2 Å². The van der Waals surface area contributed by atoms with Crippen molar-refractivity contribution in [2.45, 2.75) is 6.92 Å². The number of aromatic nitrogens is 1. The zero-order chi connectivity index (χ0) is 14.0. The lowest BCUT2D eigenvalue weighted by atomic mass is 10.2. The lowest BCUT2D eigenvalue weighted by Crippen LogP contribution is -2.00. The second-order valence-corrected chi connectivity index (χ2v) is 4.66. The molecule has 19 heavy (non-hydrogen) atoms. The van der Waals surface area contributed by atoms with Crippen LogP contribution in [0.5, 0.6) is 0 Å². The van der Waals surface area contributed by atoms with Gasteiger partial charge in [-0.3, -0.25) is 10.1 Å². The minimum Gasteiger partial charge on any atom is -0.333 e. The highest BCUT2D eigenvalue weighted by molar-refractivity contribution is 6.33. The summed E-state index contributed by atoms with van der Waals surface area (Å²) in [5.41, 5.74) is 1.36. The Morgan fingerprint density at radius 2 is 2.00 bits per heavy atom. The molecule has 0 amide bonds. The maximum absolute atomic E-state index is 10.9.